The van der Waals surface area contributed by atoms with Gasteiger partial charge in [-0.2, -0.15) is 8.42 Å². The van der Waals surface area contributed by atoms with Crippen LogP contribution in [0.2, 0.25) is 0 Å². The third-order valence-electron chi connectivity index (χ3n) is 3.79. The van der Waals surface area contributed by atoms with Crippen molar-refractivity contribution in [1.29, 1.82) is 0 Å². The van der Waals surface area contributed by atoms with Crippen molar-refractivity contribution in [2.45, 2.75) is 23.6 Å². The fraction of sp³-hybridized carbons (Fsp3) is 0.211. The molecule has 0 saturated heterocycles. The molecule has 0 radical (unpaired) electrons. The number of nitrogens with two attached hydrogens (primary N) is 1. The third-order valence-corrected chi connectivity index (χ3v) is 6.55. The van der Waals surface area contributed by atoms with E-state index < -0.39 is 47.7 Å². The lowest BCUT2D eigenvalue weighted by atomic mass is 10.2. The number of ether oxygens (including phenoxy) is 2. The summed E-state index contributed by atoms with van der Waals surface area (Å²) in [4.78, 5) is 23.1. The van der Waals surface area contributed by atoms with Crippen molar-refractivity contribution < 1.29 is 35.9 Å². The van der Waals surface area contributed by atoms with Crippen molar-refractivity contribution in [2.24, 2.45) is 10.1 Å². The smallest absolute Gasteiger partial charge is 0.339 e. The summed E-state index contributed by atoms with van der Waals surface area (Å²) in [6.45, 7) is 3.13. The van der Waals surface area contributed by atoms with E-state index in [-0.39, 0.29) is 24.3 Å². The van der Waals surface area contributed by atoms with E-state index in [2.05, 4.69) is 4.40 Å². The molecule has 2 aromatic carbocycles. The quantitative estimate of drug-likeness (QED) is 0.316. The monoisotopic (exact) mass is 483 g/mol. The fourth-order valence-corrected chi connectivity index (χ4v) is 4.81. The first kappa shape index (κ1) is 24.8. The Morgan fingerprint density at radius 1 is 0.844 bits per heavy atom. The molecule has 0 aliphatic rings. The number of carbonyl (C=O) groups is 2. The number of rotatable bonds is 8. The highest BCUT2D eigenvalue weighted by Gasteiger charge is 2.26. The Balaban J connectivity index is 2.42. The molecule has 0 saturated carbocycles. The summed E-state index contributed by atoms with van der Waals surface area (Å²) in [7, 11) is -9.11. The zero-order chi connectivity index (χ0) is 23.9. The molecule has 0 amide bonds. The van der Waals surface area contributed by atoms with E-state index in [1.54, 1.807) is 18.6 Å². The van der Waals surface area contributed by atoms with Crippen LogP contribution in [-0.2, 0) is 29.5 Å². The highest BCUT2D eigenvalue weighted by Crippen LogP contribution is 2.20. The Labute approximate surface area is 185 Å². The van der Waals surface area contributed by atoms with Gasteiger partial charge in [0.1, 0.15) is 9.79 Å². The van der Waals surface area contributed by atoms with E-state index in [9.17, 15) is 26.4 Å². The molecule has 11 nitrogen and oxygen atoms in total. The Morgan fingerprint density at radius 3 is 1.78 bits per heavy atom. The maximum Gasteiger partial charge on any atom is 0.339 e. The molecule has 0 spiro atoms. The third kappa shape index (κ3) is 5.82. The summed E-state index contributed by atoms with van der Waals surface area (Å²) in [6, 6.07) is 10.2. The van der Waals surface area contributed by atoms with Gasteiger partial charge in [-0.05, 0) is 38.1 Å². The number of nitrogens with one attached hydrogen (secondary N) is 1. The molecule has 0 atom stereocenters. The number of carbonyl (C=O) groups excluding carboxylic acids is 2. The van der Waals surface area contributed by atoms with E-state index in [0.29, 0.717) is 0 Å². The van der Waals surface area contributed by atoms with Crippen molar-refractivity contribution in [3.8, 4) is 0 Å². The molecule has 172 valence electrons. The SMILES string of the molecule is CCOC(=O)c1ccccc1S(=O)(=O)N=C(N)NS(=O)(=O)c1ccccc1C(=O)OCC. The molecule has 0 heterocycles. The molecule has 13 heteroatoms. The van der Waals surface area contributed by atoms with Crippen molar-refractivity contribution in [3.05, 3.63) is 59.7 Å². The van der Waals surface area contributed by atoms with Crippen LogP contribution in [0.15, 0.2) is 62.7 Å². The molecule has 3 N–H and O–H groups in total. The maximum absolute atomic E-state index is 12.7. The van der Waals surface area contributed by atoms with E-state index >= 15 is 0 Å². The first-order valence-corrected chi connectivity index (χ1v) is 12.1. The van der Waals surface area contributed by atoms with Crippen LogP contribution in [0.25, 0.3) is 0 Å². The zero-order valence-electron chi connectivity index (χ0n) is 17.1. The molecule has 0 aromatic heterocycles. The average molecular weight is 484 g/mol. The normalized spacial score (nSPS) is 12.1. The predicted octanol–water partition coefficient (Wildman–Crippen LogP) is 1.02. The summed E-state index contributed by atoms with van der Waals surface area (Å²) in [5.41, 5.74) is 4.98. The predicted molar refractivity (Wildman–Crippen MR) is 114 cm³/mol. The summed E-state index contributed by atoms with van der Waals surface area (Å²) in [5.74, 6) is -2.79. The molecule has 32 heavy (non-hydrogen) atoms. The lowest BCUT2D eigenvalue weighted by Crippen LogP contribution is -2.38. The second-order valence-electron chi connectivity index (χ2n) is 5.99. The minimum absolute atomic E-state index is 0.0122. The van der Waals surface area contributed by atoms with Crippen LogP contribution in [0.1, 0.15) is 34.6 Å². The fourth-order valence-electron chi connectivity index (χ4n) is 2.54. The van der Waals surface area contributed by atoms with Crippen LogP contribution in [0, 0.1) is 0 Å². The number of hydrogen-bond acceptors (Lipinski definition) is 8. The second kappa shape index (κ2) is 10.2. The van der Waals surface area contributed by atoms with Gasteiger partial charge in [0.05, 0.1) is 24.3 Å². The Hall–Kier alpha value is -3.45. The van der Waals surface area contributed by atoms with Gasteiger partial charge in [0, 0.05) is 0 Å². The van der Waals surface area contributed by atoms with Gasteiger partial charge in [0.2, 0.25) is 5.96 Å². The molecule has 0 fully saturated rings. The Morgan fingerprint density at radius 2 is 1.28 bits per heavy atom. The van der Waals surface area contributed by atoms with Crippen LogP contribution in [-0.4, -0.2) is 47.9 Å². The largest absolute Gasteiger partial charge is 0.462 e. The number of benzene rings is 2. The minimum Gasteiger partial charge on any atom is -0.462 e. The first-order valence-electron chi connectivity index (χ1n) is 9.19. The molecule has 0 aliphatic heterocycles. The van der Waals surface area contributed by atoms with Gasteiger partial charge in [-0.3, -0.25) is 0 Å². The van der Waals surface area contributed by atoms with Crippen LogP contribution in [0.5, 0.6) is 0 Å². The van der Waals surface area contributed by atoms with E-state index in [1.807, 2.05) is 0 Å². The first-order chi connectivity index (χ1) is 15.0. The number of guanidine groups is 1. The number of sulfonamides is 2. The van der Waals surface area contributed by atoms with Crippen LogP contribution < -0.4 is 10.5 Å². The van der Waals surface area contributed by atoms with E-state index in [1.165, 1.54) is 36.4 Å². The standard InChI is InChI=1S/C19H21N3O8S2/c1-3-29-17(23)13-9-5-7-11-15(13)31(25,26)21-19(20)22-32(27,28)16-12-8-6-10-14(16)18(24)30-4-2/h5-12H,3-4H2,1-2H3,(H3,20,21,22). The van der Waals surface area contributed by atoms with E-state index in [4.69, 9.17) is 15.2 Å². The summed E-state index contributed by atoms with van der Waals surface area (Å²) in [5, 5.41) is 0. The summed E-state index contributed by atoms with van der Waals surface area (Å²) < 4.78 is 65.5. The highest BCUT2D eigenvalue weighted by molar-refractivity contribution is 7.91. The van der Waals surface area contributed by atoms with Crippen LogP contribution >= 0.6 is 0 Å². The van der Waals surface area contributed by atoms with Gasteiger partial charge in [-0.1, -0.05) is 24.3 Å². The average Bonchev–Trinajstić information content (AvgIpc) is 2.73. The van der Waals surface area contributed by atoms with Crippen LogP contribution in [0.4, 0.5) is 0 Å². The van der Waals surface area contributed by atoms with Crippen LogP contribution in [0.3, 0.4) is 0 Å². The van der Waals surface area contributed by atoms with Gasteiger partial charge in [-0.15, -0.1) is 4.40 Å². The molecule has 0 aliphatic carbocycles. The van der Waals surface area contributed by atoms with Crippen molar-refractivity contribution in [2.75, 3.05) is 13.2 Å². The highest BCUT2D eigenvalue weighted by atomic mass is 32.2. The summed E-state index contributed by atoms with van der Waals surface area (Å²) in [6.07, 6.45) is 0. The van der Waals surface area contributed by atoms with Crippen molar-refractivity contribution >= 4 is 37.9 Å². The number of nitrogens with zero attached hydrogens (tertiary/aromatic N) is 1. The molecular weight excluding hydrogens is 462 g/mol. The topological polar surface area (TPSA) is 171 Å². The van der Waals surface area contributed by atoms with Gasteiger partial charge in [0.25, 0.3) is 20.0 Å². The van der Waals surface area contributed by atoms with Gasteiger partial charge in [-0.25, -0.2) is 22.7 Å². The molecule has 2 rings (SSSR count). The van der Waals surface area contributed by atoms with Gasteiger partial charge in [0.15, 0.2) is 0 Å². The molecule has 0 bridgehead atoms. The zero-order valence-corrected chi connectivity index (χ0v) is 18.8. The summed E-state index contributed by atoms with van der Waals surface area (Å²) >= 11 is 0. The Kier molecular flexibility index (Phi) is 7.94. The van der Waals surface area contributed by atoms with Crippen molar-refractivity contribution in [1.82, 2.24) is 4.72 Å². The second-order valence-corrected chi connectivity index (χ2v) is 9.21. The lowest BCUT2D eigenvalue weighted by Gasteiger charge is -2.11. The molecular formula is C19H21N3O8S2. The van der Waals surface area contributed by atoms with Gasteiger partial charge < -0.3 is 15.2 Å². The van der Waals surface area contributed by atoms with Crippen molar-refractivity contribution in [3.63, 3.8) is 0 Å². The number of hydrogen-bond donors (Lipinski definition) is 2. The maximum atomic E-state index is 12.7. The Bertz CT molecular complexity index is 1250. The minimum atomic E-state index is -4.60. The van der Waals surface area contributed by atoms with Gasteiger partial charge >= 0.3 is 11.9 Å². The van der Waals surface area contributed by atoms with E-state index in [0.717, 1.165) is 12.1 Å². The molecule has 2 aromatic rings. The number of esters is 2. The lowest BCUT2D eigenvalue weighted by molar-refractivity contribution is 0.0512. The molecule has 0 unspecified atom stereocenters.